The van der Waals surface area contributed by atoms with Crippen LogP contribution in [0.3, 0.4) is 0 Å². The maximum Gasteiger partial charge on any atom is 0.307 e. The Morgan fingerprint density at radius 1 is 1.42 bits per heavy atom. The number of aromatic nitrogens is 2. The van der Waals surface area contributed by atoms with E-state index in [1.165, 1.54) is 5.56 Å². The third-order valence-electron chi connectivity index (χ3n) is 3.87. The second-order valence-corrected chi connectivity index (χ2v) is 5.21. The molecule has 5 heteroatoms. The van der Waals surface area contributed by atoms with Crippen LogP contribution in [0.1, 0.15) is 43.8 Å². The SMILES string of the molecule is CCN(CC(C)C(=O)O)C(C)c1c(C)nn(C)c1C. The third-order valence-corrected chi connectivity index (χ3v) is 3.87. The lowest BCUT2D eigenvalue weighted by atomic mass is 10.0. The molecule has 0 amide bonds. The van der Waals surface area contributed by atoms with Crippen LogP contribution in [0.4, 0.5) is 0 Å². The molecule has 19 heavy (non-hydrogen) atoms. The Balaban J connectivity index is 2.95. The van der Waals surface area contributed by atoms with Gasteiger partial charge in [-0.05, 0) is 27.3 Å². The molecule has 0 radical (unpaired) electrons. The first-order chi connectivity index (χ1) is 8.79. The zero-order valence-electron chi connectivity index (χ0n) is 12.8. The monoisotopic (exact) mass is 267 g/mol. The van der Waals surface area contributed by atoms with Crippen LogP contribution in [0.15, 0.2) is 0 Å². The lowest BCUT2D eigenvalue weighted by Crippen LogP contribution is -2.34. The van der Waals surface area contributed by atoms with Gasteiger partial charge in [0.1, 0.15) is 0 Å². The van der Waals surface area contributed by atoms with Gasteiger partial charge >= 0.3 is 5.97 Å². The van der Waals surface area contributed by atoms with Gasteiger partial charge in [0, 0.05) is 30.9 Å². The first kappa shape index (κ1) is 15.7. The van der Waals surface area contributed by atoms with Gasteiger partial charge in [-0.15, -0.1) is 0 Å². The summed E-state index contributed by atoms with van der Waals surface area (Å²) in [6.45, 7) is 11.4. The van der Waals surface area contributed by atoms with Crippen LogP contribution in [0.2, 0.25) is 0 Å². The molecule has 1 heterocycles. The van der Waals surface area contributed by atoms with Crippen molar-refractivity contribution in [1.82, 2.24) is 14.7 Å². The van der Waals surface area contributed by atoms with Crippen molar-refractivity contribution in [3.63, 3.8) is 0 Å². The van der Waals surface area contributed by atoms with Gasteiger partial charge in [-0.2, -0.15) is 5.10 Å². The highest BCUT2D eigenvalue weighted by Crippen LogP contribution is 2.26. The van der Waals surface area contributed by atoms with Crippen molar-refractivity contribution in [3.05, 3.63) is 17.0 Å². The van der Waals surface area contributed by atoms with Gasteiger partial charge in [0.2, 0.25) is 0 Å². The summed E-state index contributed by atoms with van der Waals surface area (Å²) >= 11 is 0. The molecular formula is C14H25N3O2. The minimum absolute atomic E-state index is 0.181. The number of hydrogen-bond acceptors (Lipinski definition) is 3. The van der Waals surface area contributed by atoms with E-state index in [2.05, 4.69) is 30.8 Å². The van der Waals surface area contributed by atoms with Crippen molar-refractivity contribution in [2.24, 2.45) is 13.0 Å². The average molecular weight is 267 g/mol. The molecule has 0 aromatic carbocycles. The van der Waals surface area contributed by atoms with Crippen molar-refractivity contribution in [2.45, 2.75) is 40.7 Å². The molecule has 0 aliphatic rings. The number of aliphatic carboxylic acids is 1. The molecule has 5 nitrogen and oxygen atoms in total. The lowest BCUT2D eigenvalue weighted by Gasteiger charge is -2.29. The summed E-state index contributed by atoms with van der Waals surface area (Å²) in [6, 6.07) is 0.181. The molecule has 0 aliphatic carbocycles. The van der Waals surface area contributed by atoms with Crippen LogP contribution in [0.25, 0.3) is 0 Å². The lowest BCUT2D eigenvalue weighted by molar-refractivity contribution is -0.141. The molecule has 2 atom stereocenters. The van der Waals surface area contributed by atoms with Gasteiger partial charge in [-0.1, -0.05) is 13.8 Å². The zero-order chi connectivity index (χ0) is 14.7. The summed E-state index contributed by atoms with van der Waals surface area (Å²) in [5, 5.41) is 13.5. The summed E-state index contributed by atoms with van der Waals surface area (Å²) in [7, 11) is 1.94. The number of carboxylic acid groups (broad SMARTS) is 1. The third kappa shape index (κ3) is 3.35. The van der Waals surface area contributed by atoms with Crippen molar-refractivity contribution in [2.75, 3.05) is 13.1 Å². The fourth-order valence-corrected chi connectivity index (χ4v) is 2.57. The molecule has 0 aliphatic heterocycles. The Kier molecular flexibility index (Phi) is 5.11. The largest absolute Gasteiger partial charge is 0.481 e. The van der Waals surface area contributed by atoms with Crippen LogP contribution in [0.5, 0.6) is 0 Å². The second kappa shape index (κ2) is 6.19. The summed E-state index contributed by atoms with van der Waals surface area (Å²) in [4.78, 5) is 13.2. The fraction of sp³-hybridized carbons (Fsp3) is 0.714. The standard InChI is InChI=1S/C14H25N3O2/c1-7-17(8-9(2)14(18)19)12(5)13-10(3)15-16(6)11(13)4/h9,12H,7-8H2,1-6H3,(H,18,19). The van der Waals surface area contributed by atoms with Gasteiger partial charge in [-0.3, -0.25) is 14.4 Å². The van der Waals surface area contributed by atoms with Gasteiger partial charge in [0.25, 0.3) is 0 Å². The molecule has 108 valence electrons. The molecule has 1 rings (SSSR count). The minimum atomic E-state index is -0.745. The van der Waals surface area contributed by atoms with Gasteiger partial charge in [0.15, 0.2) is 0 Å². The van der Waals surface area contributed by atoms with E-state index in [1.807, 2.05) is 18.7 Å². The molecule has 0 fully saturated rings. The molecule has 0 saturated carbocycles. The number of hydrogen-bond donors (Lipinski definition) is 1. The predicted octanol–water partition coefficient (Wildman–Crippen LogP) is 2.14. The topological polar surface area (TPSA) is 58.4 Å². The van der Waals surface area contributed by atoms with Crippen LogP contribution in [-0.4, -0.2) is 38.8 Å². The van der Waals surface area contributed by atoms with Crippen LogP contribution >= 0.6 is 0 Å². The zero-order valence-corrected chi connectivity index (χ0v) is 12.8. The maximum absolute atomic E-state index is 11.0. The van der Waals surface area contributed by atoms with Crippen LogP contribution in [-0.2, 0) is 11.8 Å². The Morgan fingerprint density at radius 3 is 2.37 bits per heavy atom. The minimum Gasteiger partial charge on any atom is -0.481 e. The smallest absolute Gasteiger partial charge is 0.307 e. The first-order valence-corrected chi connectivity index (χ1v) is 6.76. The van der Waals surface area contributed by atoms with Crippen LogP contribution < -0.4 is 0 Å². The highest BCUT2D eigenvalue weighted by molar-refractivity contribution is 5.69. The first-order valence-electron chi connectivity index (χ1n) is 6.76. The molecule has 0 bridgehead atoms. The maximum atomic E-state index is 11.0. The highest BCUT2D eigenvalue weighted by Gasteiger charge is 2.24. The predicted molar refractivity (Wildman–Crippen MR) is 75.1 cm³/mol. The second-order valence-electron chi connectivity index (χ2n) is 5.21. The number of carbonyl (C=O) groups is 1. The van der Waals surface area contributed by atoms with Crippen molar-refractivity contribution in [3.8, 4) is 0 Å². The number of rotatable bonds is 6. The Morgan fingerprint density at radius 2 is 2.00 bits per heavy atom. The molecule has 2 unspecified atom stereocenters. The van der Waals surface area contributed by atoms with E-state index < -0.39 is 5.97 Å². The Hall–Kier alpha value is -1.36. The van der Waals surface area contributed by atoms with Crippen molar-refractivity contribution in [1.29, 1.82) is 0 Å². The Labute approximate surface area is 115 Å². The van der Waals surface area contributed by atoms with Gasteiger partial charge < -0.3 is 5.11 Å². The van der Waals surface area contributed by atoms with Gasteiger partial charge in [-0.25, -0.2) is 0 Å². The molecule has 0 spiro atoms. The molecular weight excluding hydrogens is 242 g/mol. The quantitative estimate of drug-likeness (QED) is 0.858. The number of carboxylic acids is 1. The summed E-state index contributed by atoms with van der Waals surface area (Å²) in [5.41, 5.74) is 3.38. The fourth-order valence-electron chi connectivity index (χ4n) is 2.57. The number of nitrogens with zero attached hydrogens (tertiary/aromatic N) is 3. The molecule has 0 saturated heterocycles. The van der Waals surface area contributed by atoms with Crippen LogP contribution in [0, 0.1) is 19.8 Å². The molecule has 1 aromatic rings. The molecule has 1 aromatic heterocycles. The normalized spacial score (nSPS) is 14.7. The number of aryl methyl sites for hydroxylation is 2. The van der Waals surface area contributed by atoms with E-state index in [4.69, 9.17) is 5.11 Å². The van der Waals surface area contributed by atoms with E-state index in [9.17, 15) is 4.79 Å². The van der Waals surface area contributed by atoms with E-state index in [1.54, 1.807) is 6.92 Å². The van der Waals surface area contributed by atoms with E-state index >= 15 is 0 Å². The van der Waals surface area contributed by atoms with Gasteiger partial charge in [0.05, 0.1) is 11.6 Å². The summed E-state index contributed by atoms with van der Waals surface area (Å²) < 4.78 is 1.88. The molecule has 1 N–H and O–H groups in total. The van der Waals surface area contributed by atoms with E-state index in [0.29, 0.717) is 6.54 Å². The average Bonchev–Trinajstić information content (AvgIpc) is 2.59. The Bertz CT molecular complexity index is 454. The highest BCUT2D eigenvalue weighted by atomic mass is 16.4. The summed E-state index contributed by atoms with van der Waals surface area (Å²) in [5.74, 6) is -1.11. The van der Waals surface area contributed by atoms with Crippen molar-refractivity contribution < 1.29 is 9.90 Å². The van der Waals surface area contributed by atoms with E-state index in [-0.39, 0.29) is 12.0 Å². The van der Waals surface area contributed by atoms with Crippen molar-refractivity contribution >= 4 is 5.97 Å². The summed E-state index contributed by atoms with van der Waals surface area (Å²) in [6.07, 6.45) is 0. The van der Waals surface area contributed by atoms with E-state index in [0.717, 1.165) is 17.9 Å².